The molecule has 2 rings (SSSR count). The van der Waals surface area contributed by atoms with Crippen LogP contribution in [0, 0.1) is 0 Å². The van der Waals surface area contributed by atoms with Crippen molar-refractivity contribution in [3.05, 3.63) is 29.3 Å². The Hall–Kier alpha value is -1.60. The molecule has 1 aromatic carbocycles. The first kappa shape index (κ1) is 20.7. The Morgan fingerprint density at radius 1 is 1.15 bits per heavy atom. The Kier molecular flexibility index (Phi) is 6.69. The first-order valence-electron chi connectivity index (χ1n) is 9.25. The number of piperidine rings is 1. The van der Waals surface area contributed by atoms with Crippen LogP contribution in [-0.4, -0.2) is 44.7 Å². The highest BCUT2D eigenvalue weighted by Crippen LogP contribution is 2.32. The molecule has 1 aromatic rings. The first-order valence-corrected chi connectivity index (χ1v) is 10.8. The van der Waals surface area contributed by atoms with Crippen molar-refractivity contribution in [2.75, 3.05) is 25.5 Å². The van der Waals surface area contributed by atoms with Crippen LogP contribution in [0.2, 0.25) is 0 Å². The van der Waals surface area contributed by atoms with Gasteiger partial charge in [-0.2, -0.15) is 0 Å². The molecule has 1 saturated heterocycles. The highest BCUT2D eigenvalue weighted by molar-refractivity contribution is 7.90. The second kappa shape index (κ2) is 8.39. The maximum atomic E-state index is 12.6. The standard InChI is InChI=1S/C19H31N3O3S/c1-13(2)16-9-6-10-17(14(3)4)18(16)20-19(23)21-26(24,25)15-8-7-11-22(5)12-15/h6,9-10,13-15H,7-8,11-12H2,1-5H3,(H2,20,21,23). The van der Waals surface area contributed by atoms with Crippen molar-refractivity contribution in [2.45, 2.75) is 57.6 Å². The number of sulfonamides is 1. The lowest BCUT2D eigenvalue weighted by molar-refractivity contribution is 0.255. The van der Waals surface area contributed by atoms with Gasteiger partial charge in [0.2, 0.25) is 10.0 Å². The highest BCUT2D eigenvalue weighted by Gasteiger charge is 2.31. The summed E-state index contributed by atoms with van der Waals surface area (Å²) >= 11 is 0. The number of nitrogens with one attached hydrogen (secondary N) is 2. The van der Waals surface area contributed by atoms with Crippen LogP contribution in [0.5, 0.6) is 0 Å². The predicted molar refractivity (Wildman–Crippen MR) is 106 cm³/mol. The summed E-state index contributed by atoms with van der Waals surface area (Å²) < 4.78 is 27.4. The van der Waals surface area contributed by atoms with Crippen molar-refractivity contribution in [1.29, 1.82) is 0 Å². The van der Waals surface area contributed by atoms with E-state index in [9.17, 15) is 13.2 Å². The number of nitrogens with zero attached hydrogens (tertiary/aromatic N) is 1. The average molecular weight is 382 g/mol. The maximum absolute atomic E-state index is 12.6. The number of urea groups is 1. The molecule has 0 radical (unpaired) electrons. The van der Waals surface area contributed by atoms with Gasteiger partial charge in [-0.05, 0) is 49.4 Å². The van der Waals surface area contributed by atoms with Crippen LogP contribution < -0.4 is 10.0 Å². The summed E-state index contributed by atoms with van der Waals surface area (Å²) in [6.07, 6.45) is 1.39. The number of carbonyl (C=O) groups is 1. The van der Waals surface area contributed by atoms with Crippen molar-refractivity contribution >= 4 is 21.7 Å². The van der Waals surface area contributed by atoms with E-state index < -0.39 is 21.3 Å². The Morgan fingerprint density at radius 3 is 2.23 bits per heavy atom. The molecule has 1 unspecified atom stereocenters. The van der Waals surface area contributed by atoms with E-state index in [-0.39, 0.29) is 11.8 Å². The molecule has 1 fully saturated rings. The first-order chi connectivity index (χ1) is 12.1. The summed E-state index contributed by atoms with van der Waals surface area (Å²) in [5, 5.41) is 2.25. The third kappa shape index (κ3) is 4.98. The van der Waals surface area contributed by atoms with Gasteiger partial charge in [-0.25, -0.2) is 17.9 Å². The number of para-hydroxylation sites is 1. The van der Waals surface area contributed by atoms with Crippen molar-refractivity contribution in [3.8, 4) is 0 Å². The van der Waals surface area contributed by atoms with E-state index in [4.69, 9.17) is 0 Å². The van der Waals surface area contributed by atoms with Crippen molar-refractivity contribution in [3.63, 3.8) is 0 Å². The molecule has 2 amide bonds. The summed E-state index contributed by atoms with van der Waals surface area (Å²) in [5.41, 5.74) is 2.72. The lowest BCUT2D eigenvalue weighted by Gasteiger charge is -2.29. The minimum absolute atomic E-state index is 0.215. The summed E-state index contributed by atoms with van der Waals surface area (Å²) in [4.78, 5) is 14.5. The molecular weight excluding hydrogens is 350 g/mol. The van der Waals surface area contributed by atoms with E-state index in [1.165, 1.54) is 0 Å². The number of rotatable bonds is 5. The zero-order chi connectivity index (χ0) is 19.5. The van der Waals surface area contributed by atoms with Gasteiger partial charge in [-0.3, -0.25) is 0 Å². The topological polar surface area (TPSA) is 78.5 Å². The SMILES string of the molecule is CC(C)c1cccc(C(C)C)c1NC(=O)NS(=O)(=O)C1CCCN(C)C1. The molecule has 1 aliphatic rings. The fourth-order valence-electron chi connectivity index (χ4n) is 3.42. The van der Waals surface area contributed by atoms with Crippen LogP contribution in [-0.2, 0) is 10.0 Å². The largest absolute Gasteiger partial charge is 0.332 e. The monoisotopic (exact) mass is 381 g/mol. The quantitative estimate of drug-likeness (QED) is 0.818. The minimum Gasteiger partial charge on any atom is -0.307 e. The molecule has 26 heavy (non-hydrogen) atoms. The van der Waals surface area contributed by atoms with Crippen LogP contribution in [0.25, 0.3) is 0 Å². The summed E-state index contributed by atoms with van der Waals surface area (Å²) in [5.74, 6) is 0.431. The Morgan fingerprint density at radius 2 is 1.73 bits per heavy atom. The number of amides is 2. The van der Waals surface area contributed by atoms with Crippen LogP contribution in [0.4, 0.5) is 10.5 Å². The van der Waals surface area contributed by atoms with Crippen molar-refractivity contribution < 1.29 is 13.2 Å². The fourth-order valence-corrected chi connectivity index (χ4v) is 4.82. The van der Waals surface area contributed by atoms with Gasteiger partial charge < -0.3 is 10.2 Å². The second-order valence-electron chi connectivity index (χ2n) is 7.75. The Bertz CT molecular complexity index is 718. The molecule has 1 atom stereocenters. The Balaban J connectivity index is 2.19. The number of anilines is 1. The predicted octanol–water partition coefficient (Wildman–Crippen LogP) is 3.48. The average Bonchev–Trinajstić information content (AvgIpc) is 2.54. The van der Waals surface area contributed by atoms with Crippen molar-refractivity contribution in [1.82, 2.24) is 9.62 Å². The van der Waals surface area contributed by atoms with Gasteiger partial charge in [0, 0.05) is 12.2 Å². The van der Waals surface area contributed by atoms with Gasteiger partial charge in [0.15, 0.2) is 0 Å². The molecule has 1 heterocycles. The third-order valence-corrected chi connectivity index (χ3v) is 6.60. The molecule has 0 aromatic heterocycles. The van der Waals surface area contributed by atoms with Gasteiger partial charge in [-0.1, -0.05) is 45.9 Å². The maximum Gasteiger partial charge on any atom is 0.332 e. The molecule has 6 nitrogen and oxygen atoms in total. The van der Waals surface area contributed by atoms with Crippen molar-refractivity contribution in [2.24, 2.45) is 0 Å². The molecule has 146 valence electrons. The molecule has 0 aliphatic carbocycles. The molecule has 7 heteroatoms. The summed E-state index contributed by atoms with van der Waals surface area (Å²) in [6, 6.07) is 5.23. The normalized spacial score (nSPS) is 19.0. The van der Waals surface area contributed by atoms with Gasteiger partial charge in [-0.15, -0.1) is 0 Å². The minimum atomic E-state index is -3.71. The van der Waals surface area contributed by atoms with E-state index in [1.54, 1.807) is 0 Å². The molecule has 2 N–H and O–H groups in total. The van der Waals surface area contributed by atoms with Gasteiger partial charge in [0.25, 0.3) is 0 Å². The zero-order valence-corrected chi connectivity index (χ0v) is 17.2. The number of hydrogen-bond acceptors (Lipinski definition) is 4. The second-order valence-corrected chi connectivity index (χ2v) is 9.71. The number of carbonyl (C=O) groups excluding carboxylic acids is 1. The summed E-state index contributed by atoms with van der Waals surface area (Å²) in [7, 11) is -1.81. The molecule has 1 aliphatic heterocycles. The van der Waals surface area contributed by atoms with E-state index in [0.29, 0.717) is 18.7 Å². The van der Waals surface area contributed by atoms with E-state index in [1.807, 2.05) is 30.1 Å². The van der Waals surface area contributed by atoms with Gasteiger partial charge in [0.1, 0.15) is 0 Å². The van der Waals surface area contributed by atoms with Gasteiger partial charge in [0.05, 0.1) is 5.25 Å². The third-order valence-electron chi connectivity index (χ3n) is 4.87. The number of hydrogen-bond donors (Lipinski definition) is 2. The highest BCUT2D eigenvalue weighted by atomic mass is 32.2. The number of benzene rings is 1. The van der Waals surface area contributed by atoms with Crippen LogP contribution in [0.1, 0.15) is 63.5 Å². The Labute approximate surface area is 157 Å². The molecular formula is C19H31N3O3S. The lowest BCUT2D eigenvalue weighted by Crippen LogP contribution is -2.47. The smallest absolute Gasteiger partial charge is 0.307 e. The molecule has 0 bridgehead atoms. The zero-order valence-electron chi connectivity index (χ0n) is 16.4. The van der Waals surface area contributed by atoms with Crippen LogP contribution in [0.15, 0.2) is 18.2 Å². The number of likely N-dealkylation sites (tertiary alicyclic amines) is 1. The van der Waals surface area contributed by atoms with Crippen LogP contribution in [0.3, 0.4) is 0 Å². The van der Waals surface area contributed by atoms with E-state index in [0.717, 1.165) is 24.1 Å². The summed E-state index contributed by atoms with van der Waals surface area (Å²) in [6.45, 7) is 9.54. The van der Waals surface area contributed by atoms with Crippen LogP contribution >= 0.6 is 0 Å². The van der Waals surface area contributed by atoms with E-state index >= 15 is 0 Å². The molecule has 0 spiro atoms. The van der Waals surface area contributed by atoms with E-state index in [2.05, 4.69) is 37.7 Å². The fraction of sp³-hybridized carbons (Fsp3) is 0.632. The van der Waals surface area contributed by atoms with Gasteiger partial charge >= 0.3 is 6.03 Å². The molecule has 0 saturated carbocycles. The lowest BCUT2D eigenvalue weighted by atomic mass is 9.93.